The Labute approximate surface area is 137 Å². The molecule has 3 amide bonds. The topological polar surface area (TPSA) is 78.7 Å². The predicted molar refractivity (Wildman–Crippen MR) is 89.7 cm³/mol. The summed E-state index contributed by atoms with van der Waals surface area (Å²) >= 11 is 0. The van der Waals surface area contributed by atoms with Gasteiger partial charge in [-0.3, -0.25) is 9.69 Å². The van der Waals surface area contributed by atoms with E-state index in [1.165, 1.54) is 5.56 Å². The lowest BCUT2D eigenvalue weighted by Crippen LogP contribution is -2.60. The van der Waals surface area contributed by atoms with Gasteiger partial charge < -0.3 is 16.0 Å². The lowest BCUT2D eigenvalue weighted by atomic mass is 9.97. The third kappa shape index (κ3) is 4.96. The first-order valence-electron chi connectivity index (χ1n) is 7.98. The number of piperazine rings is 1. The molecule has 1 saturated heterocycles. The van der Waals surface area contributed by atoms with Gasteiger partial charge in [0.05, 0.1) is 0 Å². The molecule has 0 radical (unpaired) electrons. The van der Waals surface area contributed by atoms with E-state index in [1.54, 1.807) is 0 Å². The van der Waals surface area contributed by atoms with Gasteiger partial charge in [-0.05, 0) is 19.4 Å². The first-order valence-corrected chi connectivity index (χ1v) is 7.98. The Hall–Kier alpha value is -2.08. The van der Waals surface area contributed by atoms with E-state index in [2.05, 4.69) is 36.2 Å². The quantitative estimate of drug-likeness (QED) is 0.855. The lowest BCUT2D eigenvalue weighted by molar-refractivity contribution is -0.136. The average Bonchev–Trinajstić information content (AvgIpc) is 2.49. The zero-order valence-electron chi connectivity index (χ0n) is 13.9. The third-order valence-electron chi connectivity index (χ3n) is 4.28. The van der Waals surface area contributed by atoms with Crippen LogP contribution in [-0.4, -0.2) is 53.5 Å². The maximum Gasteiger partial charge on any atom is 0.312 e. The van der Waals surface area contributed by atoms with Crippen LogP contribution in [0, 0.1) is 0 Å². The van der Waals surface area contributed by atoms with E-state index in [0.29, 0.717) is 19.6 Å². The summed E-state index contributed by atoms with van der Waals surface area (Å²) in [7, 11) is 0. The van der Waals surface area contributed by atoms with Gasteiger partial charge in [0, 0.05) is 44.7 Å². The predicted octanol–water partition coefficient (Wildman–Crippen LogP) is 1.17. The van der Waals surface area contributed by atoms with Gasteiger partial charge in [-0.25, -0.2) is 4.79 Å². The number of benzene rings is 1. The number of urea groups is 1. The number of rotatable bonds is 5. The van der Waals surface area contributed by atoms with E-state index in [0.717, 1.165) is 13.1 Å². The summed E-state index contributed by atoms with van der Waals surface area (Å²) in [4.78, 5) is 27.2. The van der Waals surface area contributed by atoms with Gasteiger partial charge in [0.1, 0.15) is 0 Å². The van der Waals surface area contributed by atoms with E-state index >= 15 is 0 Å². The summed E-state index contributed by atoms with van der Waals surface area (Å²) < 4.78 is 0. The Kier molecular flexibility index (Phi) is 5.60. The molecule has 126 valence electrons. The van der Waals surface area contributed by atoms with E-state index in [9.17, 15) is 9.59 Å². The van der Waals surface area contributed by atoms with Crippen molar-refractivity contribution in [3.05, 3.63) is 35.9 Å². The molecule has 0 aliphatic carbocycles. The zero-order valence-corrected chi connectivity index (χ0v) is 13.9. The number of carbonyl (C=O) groups is 2. The molecular formula is C17H26N4O2. The summed E-state index contributed by atoms with van der Waals surface area (Å²) in [5, 5.41) is 2.46. The summed E-state index contributed by atoms with van der Waals surface area (Å²) in [5.74, 6) is 0.0613. The highest BCUT2D eigenvalue weighted by Gasteiger charge is 2.35. The summed E-state index contributed by atoms with van der Waals surface area (Å²) in [5.41, 5.74) is 6.21. The van der Waals surface area contributed by atoms with Gasteiger partial charge in [-0.1, -0.05) is 30.3 Å². The molecule has 0 aromatic heterocycles. The standard InChI is InChI=1S/C17H26N4O2/c1-17(2)13-20(15(22)8-9-19-16(18)23)10-11-21(17)12-14-6-4-3-5-7-14/h3-7H,8-13H2,1-2H3,(H3,18,19,23). The lowest BCUT2D eigenvalue weighted by Gasteiger charge is -2.47. The molecule has 3 N–H and O–H groups in total. The fraction of sp³-hybridized carbons (Fsp3) is 0.529. The van der Waals surface area contributed by atoms with Crippen molar-refractivity contribution in [3.63, 3.8) is 0 Å². The van der Waals surface area contributed by atoms with Crippen molar-refractivity contribution in [3.8, 4) is 0 Å². The van der Waals surface area contributed by atoms with Crippen LogP contribution in [0.15, 0.2) is 30.3 Å². The number of primary amides is 1. The first-order chi connectivity index (χ1) is 10.9. The van der Waals surface area contributed by atoms with Crippen molar-refractivity contribution in [2.45, 2.75) is 32.4 Å². The van der Waals surface area contributed by atoms with E-state index in [1.807, 2.05) is 23.1 Å². The van der Waals surface area contributed by atoms with Gasteiger partial charge in [0.2, 0.25) is 5.91 Å². The SMILES string of the molecule is CC1(C)CN(C(=O)CCNC(N)=O)CCN1Cc1ccccc1. The highest BCUT2D eigenvalue weighted by atomic mass is 16.2. The van der Waals surface area contributed by atoms with Crippen LogP contribution in [0.4, 0.5) is 4.79 Å². The average molecular weight is 318 g/mol. The van der Waals surface area contributed by atoms with Crippen LogP contribution in [0.25, 0.3) is 0 Å². The Bertz CT molecular complexity index is 545. The third-order valence-corrected chi connectivity index (χ3v) is 4.28. The molecule has 2 rings (SSSR count). The van der Waals surface area contributed by atoms with Crippen LogP contribution in [0.2, 0.25) is 0 Å². The molecule has 1 aromatic rings. The Morgan fingerprint density at radius 3 is 2.52 bits per heavy atom. The molecule has 0 spiro atoms. The normalized spacial score (nSPS) is 17.7. The Morgan fingerprint density at radius 1 is 1.22 bits per heavy atom. The number of nitrogens with two attached hydrogens (primary N) is 1. The van der Waals surface area contributed by atoms with Crippen LogP contribution in [0.1, 0.15) is 25.8 Å². The van der Waals surface area contributed by atoms with Crippen molar-refractivity contribution in [1.82, 2.24) is 15.1 Å². The number of carbonyl (C=O) groups excluding carboxylic acids is 2. The molecule has 0 saturated carbocycles. The summed E-state index contributed by atoms with van der Waals surface area (Å²) in [6.45, 7) is 7.75. The molecule has 1 heterocycles. The highest BCUT2D eigenvalue weighted by Crippen LogP contribution is 2.23. The molecular weight excluding hydrogens is 292 g/mol. The maximum absolute atomic E-state index is 12.2. The molecule has 1 aliphatic heterocycles. The van der Waals surface area contributed by atoms with Crippen molar-refractivity contribution >= 4 is 11.9 Å². The minimum atomic E-state index is -0.592. The maximum atomic E-state index is 12.2. The van der Waals surface area contributed by atoms with Crippen LogP contribution in [0.5, 0.6) is 0 Å². The van der Waals surface area contributed by atoms with Crippen molar-refractivity contribution in [2.24, 2.45) is 5.73 Å². The van der Waals surface area contributed by atoms with Crippen LogP contribution in [-0.2, 0) is 11.3 Å². The number of hydrogen-bond donors (Lipinski definition) is 2. The number of nitrogens with zero attached hydrogens (tertiary/aromatic N) is 2. The molecule has 0 atom stereocenters. The monoisotopic (exact) mass is 318 g/mol. The second-order valence-corrected chi connectivity index (χ2v) is 6.58. The van der Waals surface area contributed by atoms with Crippen molar-refractivity contribution in [2.75, 3.05) is 26.2 Å². The van der Waals surface area contributed by atoms with Crippen molar-refractivity contribution in [1.29, 1.82) is 0 Å². The number of nitrogens with one attached hydrogen (secondary N) is 1. The Morgan fingerprint density at radius 2 is 1.91 bits per heavy atom. The minimum absolute atomic E-state index is 0.0613. The minimum Gasteiger partial charge on any atom is -0.352 e. The van der Waals surface area contributed by atoms with Crippen LogP contribution < -0.4 is 11.1 Å². The number of amides is 3. The number of hydrogen-bond acceptors (Lipinski definition) is 3. The van der Waals surface area contributed by atoms with Crippen LogP contribution >= 0.6 is 0 Å². The molecule has 1 aromatic carbocycles. The van der Waals surface area contributed by atoms with Gasteiger partial charge in [-0.15, -0.1) is 0 Å². The summed E-state index contributed by atoms with van der Waals surface area (Å²) in [6.07, 6.45) is 0.289. The molecule has 23 heavy (non-hydrogen) atoms. The smallest absolute Gasteiger partial charge is 0.312 e. The van der Waals surface area contributed by atoms with E-state index in [4.69, 9.17) is 5.73 Å². The molecule has 0 unspecified atom stereocenters. The van der Waals surface area contributed by atoms with Gasteiger partial charge in [0.15, 0.2) is 0 Å². The Balaban J connectivity index is 1.89. The van der Waals surface area contributed by atoms with Gasteiger partial charge >= 0.3 is 6.03 Å². The molecule has 6 heteroatoms. The molecule has 1 aliphatic rings. The molecule has 6 nitrogen and oxygen atoms in total. The zero-order chi connectivity index (χ0) is 16.9. The van der Waals surface area contributed by atoms with Gasteiger partial charge in [-0.2, -0.15) is 0 Å². The summed E-state index contributed by atoms with van der Waals surface area (Å²) in [6, 6.07) is 9.78. The van der Waals surface area contributed by atoms with Gasteiger partial charge in [0.25, 0.3) is 0 Å². The van der Waals surface area contributed by atoms with Crippen molar-refractivity contribution < 1.29 is 9.59 Å². The molecule has 0 bridgehead atoms. The fourth-order valence-corrected chi connectivity index (χ4v) is 2.95. The highest BCUT2D eigenvalue weighted by molar-refractivity contribution is 5.78. The molecule has 1 fully saturated rings. The van der Waals surface area contributed by atoms with Crippen LogP contribution in [0.3, 0.4) is 0 Å². The van der Waals surface area contributed by atoms with E-state index < -0.39 is 6.03 Å². The van der Waals surface area contributed by atoms with E-state index in [-0.39, 0.29) is 17.9 Å². The largest absolute Gasteiger partial charge is 0.352 e. The first kappa shape index (κ1) is 17.3. The second-order valence-electron chi connectivity index (χ2n) is 6.58. The fourth-order valence-electron chi connectivity index (χ4n) is 2.95. The second kappa shape index (κ2) is 7.46.